The molecule has 0 aromatic carbocycles. The van der Waals surface area contributed by atoms with Gasteiger partial charge in [-0.05, 0) is 30.2 Å². The molecule has 0 bridgehead atoms. The minimum absolute atomic E-state index is 0.297. The third-order valence-electron chi connectivity index (χ3n) is 3.84. The zero-order valence-corrected chi connectivity index (χ0v) is 11.3. The fourth-order valence-corrected chi connectivity index (χ4v) is 2.46. The first-order valence-electron chi connectivity index (χ1n) is 7.17. The van der Waals surface area contributed by atoms with Crippen molar-refractivity contribution in [2.75, 3.05) is 26.4 Å². The number of rotatable bonds is 6. The van der Waals surface area contributed by atoms with Crippen molar-refractivity contribution in [1.82, 2.24) is 0 Å². The van der Waals surface area contributed by atoms with Crippen LogP contribution in [0.25, 0.3) is 0 Å². The van der Waals surface area contributed by atoms with E-state index in [1.54, 1.807) is 0 Å². The minimum atomic E-state index is 0.297. The molecule has 2 heterocycles. The highest BCUT2D eigenvalue weighted by atomic mass is 16.6. The van der Waals surface area contributed by atoms with E-state index in [-0.39, 0.29) is 0 Å². The molecule has 4 heteroatoms. The fraction of sp³-hybridized carbons (Fsp3) is 0.500. The Morgan fingerprint density at radius 2 is 1.85 bits per heavy atom. The van der Waals surface area contributed by atoms with Crippen LogP contribution in [0.5, 0.6) is 0 Å². The summed E-state index contributed by atoms with van der Waals surface area (Å²) in [7, 11) is 0. The van der Waals surface area contributed by atoms with Gasteiger partial charge in [0, 0.05) is 5.92 Å². The summed E-state index contributed by atoms with van der Waals surface area (Å²) in [5.74, 6) is 2.31. The normalized spacial score (nSPS) is 33.6. The lowest BCUT2D eigenvalue weighted by Crippen LogP contribution is -2.17. The Kier molecular flexibility index (Phi) is 3.13. The van der Waals surface area contributed by atoms with Crippen LogP contribution < -0.4 is 0 Å². The predicted octanol–water partition coefficient (Wildman–Crippen LogP) is 2.10. The van der Waals surface area contributed by atoms with Gasteiger partial charge < -0.3 is 18.9 Å². The van der Waals surface area contributed by atoms with Crippen LogP contribution in [0, 0.1) is 5.92 Å². The van der Waals surface area contributed by atoms with Crippen molar-refractivity contribution in [3.05, 3.63) is 47.5 Å². The lowest BCUT2D eigenvalue weighted by molar-refractivity contribution is 0.158. The molecule has 0 aromatic heterocycles. The number of hydrogen-bond donors (Lipinski definition) is 0. The van der Waals surface area contributed by atoms with Crippen LogP contribution in [0.15, 0.2) is 47.5 Å². The Morgan fingerprint density at radius 1 is 1.10 bits per heavy atom. The molecule has 0 radical (unpaired) electrons. The van der Waals surface area contributed by atoms with E-state index in [4.69, 9.17) is 18.9 Å². The number of hydrogen-bond acceptors (Lipinski definition) is 4. The molecule has 2 aliphatic heterocycles. The Labute approximate surface area is 118 Å². The number of epoxide rings is 2. The van der Waals surface area contributed by atoms with E-state index in [2.05, 4.69) is 24.3 Å². The molecule has 2 saturated heterocycles. The summed E-state index contributed by atoms with van der Waals surface area (Å²) in [6.07, 6.45) is 12.0. The van der Waals surface area contributed by atoms with Gasteiger partial charge in [-0.15, -0.1) is 0 Å². The maximum Gasteiger partial charge on any atom is 0.117 e. The molecule has 2 aliphatic carbocycles. The molecule has 20 heavy (non-hydrogen) atoms. The van der Waals surface area contributed by atoms with Gasteiger partial charge in [-0.3, -0.25) is 0 Å². The van der Waals surface area contributed by atoms with Gasteiger partial charge in [0.1, 0.15) is 36.9 Å². The molecule has 0 saturated carbocycles. The molecule has 3 unspecified atom stereocenters. The average Bonchev–Trinajstić information content (AvgIpc) is 3.37. The van der Waals surface area contributed by atoms with Gasteiger partial charge in [0.2, 0.25) is 0 Å². The molecule has 0 N–H and O–H groups in total. The van der Waals surface area contributed by atoms with E-state index >= 15 is 0 Å². The van der Waals surface area contributed by atoms with Crippen molar-refractivity contribution in [3.63, 3.8) is 0 Å². The monoisotopic (exact) mass is 274 g/mol. The lowest BCUT2D eigenvalue weighted by Gasteiger charge is -2.26. The SMILES string of the molecule is C1=CC2=CC(OCC3CO3)=CCC2C(OCC2CO2)=C1. The molecule has 4 nitrogen and oxygen atoms in total. The fourth-order valence-electron chi connectivity index (χ4n) is 2.46. The summed E-state index contributed by atoms with van der Waals surface area (Å²) in [6.45, 7) is 2.98. The summed E-state index contributed by atoms with van der Waals surface area (Å²) >= 11 is 0. The van der Waals surface area contributed by atoms with Gasteiger partial charge >= 0.3 is 0 Å². The van der Waals surface area contributed by atoms with Crippen LogP contribution in [0.3, 0.4) is 0 Å². The Balaban J connectivity index is 1.38. The van der Waals surface area contributed by atoms with Crippen LogP contribution in [0.2, 0.25) is 0 Å². The van der Waals surface area contributed by atoms with Crippen molar-refractivity contribution >= 4 is 0 Å². The quantitative estimate of drug-likeness (QED) is 0.696. The van der Waals surface area contributed by atoms with E-state index in [9.17, 15) is 0 Å². The van der Waals surface area contributed by atoms with Crippen LogP contribution in [0.1, 0.15) is 6.42 Å². The van der Waals surface area contributed by atoms with Gasteiger partial charge in [-0.25, -0.2) is 0 Å². The molecule has 0 amide bonds. The van der Waals surface area contributed by atoms with Crippen LogP contribution in [0.4, 0.5) is 0 Å². The maximum absolute atomic E-state index is 5.87. The second-order valence-corrected chi connectivity index (χ2v) is 5.50. The Morgan fingerprint density at radius 3 is 2.60 bits per heavy atom. The van der Waals surface area contributed by atoms with Crippen LogP contribution in [-0.4, -0.2) is 38.6 Å². The Bertz CT molecular complexity index is 507. The molecule has 0 spiro atoms. The van der Waals surface area contributed by atoms with Crippen molar-refractivity contribution < 1.29 is 18.9 Å². The molecule has 106 valence electrons. The van der Waals surface area contributed by atoms with Gasteiger partial charge in [-0.1, -0.05) is 12.2 Å². The standard InChI is InChI=1S/C16H18O4/c1-2-11-6-12(17-7-13-8-18-13)4-5-15(11)16(3-1)20-10-14-9-19-14/h1-4,6,13-15H,5,7-10H2. The smallest absolute Gasteiger partial charge is 0.117 e. The molecular weight excluding hydrogens is 256 g/mol. The van der Waals surface area contributed by atoms with Gasteiger partial charge in [-0.2, -0.15) is 0 Å². The molecule has 2 fully saturated rings. The second-order valence-electron chi connectivity index (χ2n) is 5.50. The zero-order chi connectivity index (χ0) is 13.4. The van der Waals surface area contributed by atoms with E-state index in [1.165, 1.54) is 5.57 Å². The molecule has 3 atom stereocenters. The predicted molar refractivity (Wildman–Crippen MR) is 72.9 cm³/mol. The third-order valence-corrected chi connectivity index (χ3v) is 3.84. The first-order valence-corrected chi connectivity index (χ1v) is 7.17. The minimum Gasteiger partial charge on any atom is -0.494 e. The van der Waals surface area contributed by atoms with E-state index < -0.39 is 0 Å². The van der Waals surface area contributed by atoms with Gasteiger partial charge in [0.15, 0.2) is 0 Å². The first kappa shape index (κ1) is 12.2. The molecule has 0 aromatic rings. The highest BCUT2D eigenvalue weighted by Gasteiger charge is 2.29. The highest BCUT2D eigenvalue weighted by Crippen LogP contribution is 2.35. The molecular formula is C16H18O4. The summed E-state index contributed by atoms with van der Waals surface area (Å²) in [5, 5.41) is 0. The van der Waals surface area contributed by atoms with Crippen molar-refractivity contribution in [1.29, 1.82) is 0 Å². The summed E-state index contributed by atoms with van der Waals surface area (Å²) in [6, 6.07) is 0. The van der Waals surface area contributed by atoms with Gasteiger partial charge in [0.25, 0.3) is 0 Å². The first-order chi connectivity index (χ1) is 9.88. The maximum atomic E-state index is 5.87. The summed E-state index contributed by atoms with van der Waals surface area (Å²) < 4.78 is 22.0. The second kappa shape index (κ2) is 5.11. The van der Waals surface area contributed by atoms with Crippen molar-refractivity contribution in [2.24, 2.45) is 5.92 Å². The van der Waals surface area contributed by atoms with Crippen LogP contribution in [-0.2, 0) is 18.9 Å². The highest BCUT2D eigenvalue weighted by molar-refractivity contribution is 5.42. The number of allylic oxidation sites excluding steroid dienone is 6. The summed E-state index contributed by atoms with van der Waals surface area (Å²) in [4.78, 5) is 0. The van der Waals surface area contributed by atoms with E-state index in [0.29, 0.717) is 31.3 Å². The van der Waals surface area contributed by atoms with Crippen molar-refractivity contribution in [3.8, 4) is 0 Å². The van der Waals surface area contributed by atoms with E-state index in [1.807, 2.05) is 6.08 Å². The molecule has 4 rings (SSSR count). The number of fused-ring (bicyclic) bond motifs is 1. The van der Waals surface area contributed by atoms with Crippen LogP contribution >= 0.6 is 0 Å². The molecule has 4 aliphatic rings. The van der Waals surface area contributed by atoms with Gasteiger partial charge in [0.05, 0.1) is 13.2 Å². The third kappa shape index (κ3) is 2.81. The average molecular weight is 274 g/mol. The van der Waals surface area contributed by atoms with Crippen molar-refractivity contribution in [2.45, 2.75) is 18.6 Å². The topological polar surface area (TPSA) is 43.5 Å². The largest absolute Gasteiger partial charge is 0.494 e. The zero-order valence-electron chi connectivity index (χ0n) is 11.3. The lowest BCUT2D eigenvalue weighted by atomic mass is 9.86. The van der Waals surface area contributed by atoms with E-state index in [0.717, 1.165) is 31.2 Å². The summed E-state index contributed by atoms with van der Waals surface area (Å²) in [5.41, 5.74) is 1.26. The number of ether oxygens (including phenoxy) is 4. The Hall–Kier alpha value is -1.52.